The van der Waals surface area contributed by atoms with Gasteiger partial charge >= 0.3 is 6.01 Å². The number of hydrogen-bond acceptors (Lipinski definition) is 8. The first-order valence-electron chi connectivity index (χ1n) is 10.9. The molecule has 170 valence electrons. The minimum absolute atomic E-state index is 0.212. The van der Waals surface area contributed by atoms with Crippen LogP contribution in [0.1, 0.15) is 29.8 Å². The molecule has 1 fully saturated rings. The van der Waals surface area contributed by atoms with E-state index in [1.165, 1.54) is 7.11 Å². The summed E-state index contributed by atoms with van der Waals surface area (Å²) in [5.74, 6) is -0.299. The molecule has 10 nitrogen and oxygen atoms in total. The van der Waals surface area contributed by atoms with Crippen molar-refractivity contribution >= 4 is 33.8 Å². The van der Waals surface area contributed by atoms with Gasteiger partial charge in [0.1, 0.15) is 5.69 Å². The highest BCUT2D eigenvalue weighted by atomic mass is 16.5. The minimum atomic E-state index is -0.299. The first-order chi connectivity index (χ1) is 15.9. The number of anilines is 2. The molecular weight excluding hydrogens is 420 g/mol. The van der Waals surface area contributed by atoms with Crippen molar-refractivity contribution < 1.29 is 9.53 Å². The Morgan fingerprint density at radius 3 is 2.70 bits per heavy atom. The number of benzene rings is 1. The Kier molecular flexibility index (Phi) is 5.29. The van der Waals surface area contributed by atoms with E-state index in [1.54, 1.807) is 29.2 Å². The molecule has 3 aromatic heterocycles. The van der Waals surface area contributed by atoms with Crippen LogP contribution in [0, 0.1) is 6.92 Å². The van der Waals surface area contributed by atoms with Gasteiger partial charge in [-0.15, -0.1) is 0 Å². The number of nitrogens with zero attached hydrogens (tertiary/aromatic N) is 6. The second kappa shape index (κ2) is 8.28. The molecular formula is C23H26N8O2. The van der Waals surface area contributed by atoms with Crippen LogP contribution in [-0.4, -0.2) is 62.8 Å². The van der Waals surface area contributed by atoms with Crippen molar-refractivity contribution in [3.05, 3.63) is 48.0 Å². The number of aryl methyl sites for hydroxylation is 1. The lowest BCUT2D eigenvalue weighted by Gasteiger charge is -2.38. The first-order valence-corrected chi connectivity index (χ1v) is 10.9. The molecule has 0 bridgehead atoms. The van der Waals surface area contributed by atoms with Gasteiger partial charge in [0.05, 0.1) is 24.4 Å². The van der Waals surface area contributed by atoms with E-state index in [2.05, 4.69) is 49.4 Å². The number of aromatic nitrogens is 5. The fourth-order valence-corrected chi connectivity index (χ4v) is 4.42. The molecule has 1 saturated heterocycles. The number of nitrogens with one attached hydrogen (secondary N) is 2. The van der Waals surface area contributed by atoms with Gasteiger partial charge in [-0.1, -0.05) is 0 Å². The maximum Gasteiger partial charge on any atom is 0.316 e. The smallest absolute Gasteiger partial charge is 0.316 e. The van der Waals surface area contributed by atoms with Crippen molar-refractivity contribution in [2.75, 3.05) is 30.4 Å². The van der Waals surface area contributed by atoms with E-state index in [4.69, 9.17) is 4.74 Å². The van der Waals surface area contributed by atoms with E-state index in [-0.39, 0.29) is 11.9 Å². The summed E-state index contributed by atoms with van der Waals surface area (Å²) in [6.07, 6.45) is 6.92. The van der Waals surface area contributed by atoms with Gasteiger partial charge < -0.3 is 20.3 Å². The largest absolute Gasteiger partial charge is 0.467 e. The normalized spacial score (nSPS) is 18.6. The Morgan fingerprint density at radius 1 is 1.15 bits per heavy atom. The number of amides is 1. The monoisotopic (exact) mass is 446 g/mol. The van der Waals surface area contributed by atoms with E-state index in [0.717, 1.165) is 29.7 Å². The predicted molar refractivity (Wildman–Crippen MR) is 126 cm³/mol. The standard InChI is InChI=1S/C23H26N8O2/c1-13-7-24-21-18(9-26-31(21)10-13)28-22(32)16-5-6-19(30-11-14(2)27-15(3)12-30)17-8-25-23(33-4)29-20(16)17/h5-10,14-15,27H,11-12H2,1-4H3,(H,28,32). The van der Waals surface area contributed by atoms with Crippen molar-refractivity contribution in [3.8, 4) is 6.01 Å². The Hall–Kier alpha value is -3.79. The molecule has 1 aliphatic rings. The van der Waals surface area contributed by atoms with Crippen LogP contribution in [0.3, 0.4) is 0 Å². The second-order valence-electron chi connectivity index (χ2n) is 8.54. The molecule has 10 heteroatoms. The summed E-state index contributed by atoms with van der Waals surface area (Å²) in [5, 5.41) is 11.6. The Balaban J connectivity index is 1.55. The topological polar surface area (TPSA) is 110 Å². The van der Waals surface area contributed by atoms with Gasteiger partial charge in [-0.2, -0.15) is 10.1 Å². The van der Waals surface area contributed by atoms with Gasteiger partial charge in [-0.3, -0.25) is 4.79 Å². The number of ether oxygens (including phenoxy) is 1. The van der Waals surface area contributed by atoms with Crippen molar-refractivity contribution in [3.63, 3.8) is 0 Å². The van der Waals surface area contributed by atoms with Crippen LogP contribution in [0.25, 0.3) is 16.6 Å². The van der Waals surface area contributed by atoms with Crippen LogP contribution in [0.5, 0.6) is 6.01 Å². The number of piperazine rings is 1. The summed E-state index contributed by atoms with van der Waals surface area (Å²) in [7, 11) is 1.51. The molecule has 4 heterocycles. The Bertz CT molecular complexity index is 1340. The fourth-order valence-electron chi connectivity index (χ4n) is 4.42. The molecule has 0 aliphatic carbocycles. The van der Waals surface area contributed by atoms with E-state index < -0.39 is 0 Å². The molecule has 4 aromatic rings. The second-order valence-corrected chi connectivity index (χ2v) is 8.54. The molecule has 2 N–H and O–H groups in total. The molecule has 2 unspecified atom stereocenters. The zero-order chi connectivity index (χ0) is 23.1. The Morgan fingerprint density at radius 2 is 1.94 bits per heavy atom. The van der Waals surface area contributed by atoms with Crippen LogP contribution in [0.2, 0.25) is 0 Å². The summed E-state index contributed by atoms with van der Waals surface area (Å²) in [4.78, 5) is 28.9. The predicted octanol–water partition coefficient (Wildman–Crippen LogP) is 2.43. The number of rotatable bonds is 4. The van der Waals surface area contributed by atoms with Crippen LogP contribution < -0.4 is 20.3 Å². The van der Waals surface area contributed by atoms with Crippen LogP contribution in [0.15, 0.2) is 36.9 Å². The van der Waals surface area contributed by atoms with Gasteiger partial charge in [-0.25, -0.2) is 14.5 Å². The minimum Gasteiger partial charge on any atom is -0.467 e. The summed E-state index contributed by atoms with van der Waals surface area (Å²) in [6, 6.07) is 4.68. The maximum atomic E-state index is 13.3. The lowest BCUT2D eigenvalue weighted by atomic mass is 10.0. The summed E-state index contributed by atoms with van der Waals surface area (Å²) in [6.45, 7) is 7.97. The Labute approximate surface area is 191 Å². The van der Waals surface area contributed by atoms with Gasteiger partial charge in [0.15, 0.2) is 5.65 Å². The number of methoxy groups -OCH3 is 1. The van der Waals surface area contributed by atoms with Gasteiger partial charge in [0.25, 0.3) is 5.91 Å². The molecule has 0 radical (unpaired) electrons. The maximum absolute atomic E-state index is 13.3. The lowest BCUT2D eigenvalue weighted by molar-refractivity contribution is 0.102. The van der Waals surface area contributed by atoms with Gasteiger partial charge in [-0.05, 0) is 38.5 Å². The third-order valence-corrected chi connectivity index (χ3v) is 5.76. The molecule has 1 aromatic carbocycles. The van der Waals surface area contributed by atoms with Crippen LogP contribution in [-0.2, 0) is 0 Å². The lowest BCUT2D eigenvalue weighted by Crippen LogP contribution is -2.54. The third-order valence-electron chi connectivity index (χ3n) is 5.76. The highest BCUT2D eigenvalue weighted by molar-refractivity contribution is 6.14. The first kappa shape index (κ1) is 21.1. The van der Waals surface area contributed by atoms with E-state index >= 15 is 0 Å². The number of fused-ring (bicyclic) bond motifs is 2. The molecule has 5 rings (SSSR count). The molecule has 2 atom stereocenters. The van der Waals surface area contributed by atoms with Gasteiger partial charge in [0, 0.05) is 54.8 Å². The number of carbonyl (C=O) groups is 1. The van der Waals surface area contributed by atoms with Crippen molar-refractivity contribution in [1.29, 1.82) is 0 Å². The highest BCUT2D eigenvalue weighted by Gasteiger charge is 2.25. The third kappa shape index (κ3) is 3.93. The average Bonchev–Trinajstić information content (AvgIpc) is 3.18. The van der Waals surface area contributed by atoms with E-state index in [9.17, 15) is 4.79 Å². The molecule has 1 aliphatic heterocycles. The quantitative estimate of drug-likeness (QED) is 0.492. The molecule has 33 heavy (non-hydrogen) atoms. The number of hydrogen-bond donors (Lipinski definition) is 2. The van der Waals surface area contributed by atoms with Crippen LogP contribution in [0.4, 0.5) is 11.4 Å². The average molecular weight is 447 g/mol. The SMILES string of the molecule is COc1ncc2c(N3CC(C)NC(C)C3)ccc(C(=O)Nc3cnn4cc(C)cnc34)c2n1. The molecule has 1 amide bonds. The highest BCUT2D eigenvalue weighted by Crippen LogP contribution is 2.31. The van der Waals surface area contributed by atoms with Gasteiger partial charge in [0.2, 0.25) is 0 Å². The van der Waals surface area contributed by atoms with E-state index in [1.807, 2.05) is 19.2 Å². The summed E-state index contributed by atoms with van der Waals surface area (Å²) < 4.78 is 6.89. The summed E-state index contributed by atoms with van der Waals surface area (Å²) >= 11 is 0. The van der Waals surface area contributed by atoms with E-state index in [0.29, 0.717) is 34.5 Å². The van der Waals surface area contributed by atoms with Crippen molar-refractivity contribution in [2.45, 2.75) is 32.9 Å². The zero-order valence-corrected chi connectivity index (χ0v) is 19.0. The molecule has 0 spiro atoms. The van der Waals surface area contributed by atoms with Crippen molar-refractivity contribution in [1.82, 2.24) is 29.9 Å². The molecule has 0 saturated carbocycles. The number of carbonyl (C=O) groups excluding carboxylic acids is 1. The zero-order valence-electron chi connectivity index (χ0n) is 19.0. The van der Waals surface area contributed by atoms with Crippen molar-refractivity contribution in [2.24, 2.45) is 0 Å². The summed E-state index contributed by atoms with van der Waals surface area (Å²) in [5.41, 5.74) is 4.05. The fraction of sp³-hybridized carbons (Fsp3) is 0.348. The van der Waals surface area contributed by atoms with Crippen LogP contribution >= 0.6 is 0 Å².